The molecule has 1 atom stereocenters. The van der Waals surface area contributed by atoms with Crippen molar-refractivity contribution in [1.29, 1.82) is 0 Å². The molecule has 2 fully saturated rings. The lowest BCUT2D eigenvalue weighted by atomic mass is 9.86. The number of methoxy groups -OCH3 is 2. The summed E-state index contributed by atoms with van der Waals surface area (Å²) in [5, 5.41) is 3.74. The number of carbonyl (C=O) groups is 1. The van der Waals surface area contributed by atoms with Crippen LogP contribution in [0.15, 0.2) is 35.7 Å². The zero-order valence-corrected chi connectivity index (χ0v) is 22.5. The summed E-state index contributed by atoms with van der Waals surface area (Å²) in [7, 11) is 3.23. The van der Waals surface area contributed by atoms with E-state index in [0.29, 0.717) is 28.3 Å². The zero-order valence-electron chi connectivity index (χ0n) is 21.7. The Morgan fingerprint density at radius 3 is 2.50 bits per heavy atom. The van der Waals surface area contributed by atoms with Crippen molar-refractivity contribution in [3.8, 4) is 22.6 Å². The first-order valence-electron chi connectivity index (χ1n) is 13.3. The Kier molecular flexibility index (Phi) is 10.3. The molecule has 1 aromatic carbocycles. The molecule has 2 aliphatic rings. The summed E-state index contributed by atoms with van der Waals surface area (Å²) in [6.07, 6.45) is 14.5. The van der Waals surface area contributed by atoms with Crippen LogP contribution in [-0.2, 0) is 4.79 Å². The van der Waals surface area contributed by atoms with E-state index in [9.17, 15) is 4.79 Å². The van der Waals surface area contributed by atoms with Crippen LogP contribution in [0.25, 0.3) is 11.1 Å². The van der Waals surface area contributed by atoms with Gasteiger partial charge >= 0.3 is 0 Å². The first-order chi connectivity index (χ1) is 17.6. The Morgan fingerprint density at radius 2 is 1.75 bits per heavy atom. The van der Waals surface area contributed by atoms with Crippen molar-refractivity contribution in [3.63, 3.8) is 0 Å². The standard InChI is InChI=1S/C28H40N4O3S/c1-34-25-11-10-23(15-26(25)35-2)24-17-30-28(31-18-24)36-20-27(33)29-16-22-9-6-13-32(19-22)14-12-21-7-4-3-5-8-21/h10-11,15,17-18,21-22H,3-9,12-14,16,19-20H2,1-2H3,(H,29,33). The fraction of sp³-hybridized carbons (Fsp3) is 0.607. The van der Waals surface area contributed by atoms with Crippen LogP contribution in [-0.4, -0.2) is 66.9 Å². The van der Waals surface area contributed by atoms with Crippen LogP contribution >= 0.6 is 11.8 Å². The van der Waals surface area contributed by atoms with E-state index in [1.54, 1.807) is 26.6 Å². The number of hydrogen-bond acceptors (Lipinski definition) is 7. The molecular formula is C28H40N4O3S. The molecule has 0 radical (unpaired) electrons. The van der Waals surface area contributed by atoms with Crippen LogP contribution in [0.3, 0.4) is 0 Å². The average molecular weight is 513 g/mol. The molecular weight excluding hydrogens is 472 g/mol. The van der Waals surface area contributed by atoms with Gasteiger partial charge in [-0.15, -0.1) is 0 Å². The van der Waals surface area contributed by atoms with Crippen LogP contribution in [0.2, 0.25) is 0 Å². The largest absolute Gasteiger partial charge is 0.493 e. The van der Waals surface area contributed by atoms with Crippen molar-refractivity contribution < 1.29 is 14.3 Å². The summed E-state index contributed by atoms with van der Waals surface area (Å²) in [4.78, 5) is 24.0. The van der Waals surface area contributed by atoms with E-state index in [0.717, 1.165) is 30.1 Å². The molecule has 4 rings (SSSR count). The molecule has 36 heavy (non-hydrogen) atoms. The van der Waals surface area contributed by atoms with E-state index in [1.165, 1.54) is 76.2 Å². The summed E-state index contributed by atoms with van der Waals surface area (Å²) >= 11 is 1.37. The van der Waals surface area contributed by atoms with Crippen LogP contribution in [0.1, 0.15) is 51.4 Å². The van der Waals surface area contributed by atoms with Crippen LogP contribution in [0.5, 0.6) is 11.5 Å². The van der Waals surface area contributed by atoms with Gasteiger partial charge in [-0.25, -0.2) is 9.97 Å². The molecule has 1 saturated heterocycles. The van der Waals surface area contributed by atoms with Gasteiger partial charge in [0.2, 0.25) is 5.91 Å². The molecule has 1 N–H and O–H groups in total. The van der Waals surface area contributed by atoms with E-state index < -0.39 is 0 Å². The monoisotopic (exact) mass is 512 g/mol. The van der Waals surface area contributed by atoms with Gasteiger partial charge in [0, 0.05) is 31.0 Å². The van der Waals surface area contributed by atoms with Crippen molar-refractivity contribution in [2.24, 2.45) is 11.8 Å². The lowest BCUT2D eigenvalue weighted by molar-refractivity contribution is -0.118. The number of nitrogens with one attached hydrogen (secondary N) is 1. The number of carbonyl (C=O) groups excluding carboxylic acids is 1. The van der Waals surface area contributed by atoms with Gasteiger partial charge in [0.25, 0.3) is 0 Å². The molecule has 0 bridgehead atoms. The number of aromatic nitrogens is 2. The second-order valence-corrected chi connectivity index (χ2v) is 11.0. The summed E-state index contributed by atoms with van der Waals surface area (Å²) in [6, 6.07) is 5.71. The number of nitrogens with zero attached hydrogens (tertiary/aromatic N) is 3. The fourth-order valence-corrected chi connectivity index (χ4v) is 5.97. The number of piperidine rings is 1. The van der Waals surface area contributed by atoms with Crippen molar-refractivity contribution in [2.45, 2.75) is 56.5 Å². The minimum Gasteiger partial charge on any atom is -0.493 e. The molecule has 196 valence electrons. The Morgan fingerprint density at radius 1 is 1.00 bits per heavy atom. The maximum atomic E-state index is 12.5. The summed E-state index contributed by atoms with van der Waals surface area (Å²) < 4.78 is 10.7. The number of likely N-dealkylation sites (tertiary alicyclic amines) is 1. The van der Waals surface area contributed by atoms with E-state index >= 15 is 0 Å². The van der Waals surface area contributed by atoms with Gasteiger partial charge in [-0.05, 0) is 61.9 Å². The smallest absolute Gasteiger partial charge is 0.230 e. The molecule has 2 heterocycles. The molecule has 7 nitrogen and oxygen atoms in total. The van der Waals surface area contributed by atoms with E-state index in [2.05, 4.69) is 20.2 Å². The molecule has 1 aromatic heterocycles. The Hall–Kier alpha value is -2.32. The van der Waals surface area contributed by atoms with E-state index in [1.807, 2.05) is 18.2 Å². The normalized spacial score (nSPS) is 19.1. The van der Waals surface area contributed by atoms with Gasteiger partial charge in [-0.2, -0.15) is 0 Å². The summed E-state index contributed by atoms with van der Waals surface area (Å²) in [6.45, 7) is 4.31. The Bertz CT molecular complexity index is 966. The third kappa shape index (κ3) is 7.84. The van der Waals surface area contributed by atoms with Gasteiger partial charge in [0.1, 0.15) is 0 Å². The molecule has 1 unspecified atom stereocenters. The number of thioether (sulfide) groups is 1. The van der Waals surface area contributed by atoms with Crippen molar-refractivity contribution in [2.75, 3.05) is 46.2 Å². The molecule has 1 aliphatic carbocycles. The topological polar surface area (TPSA) is 76.6 Å². The van der Waals surface area contributed by atoms with Crippen molar-refractivity contribution >= 4 is 17.7 Å². The first kappa shape index (κ1) is 26.7. The van der Waals surface area contributed by atoms with Gasteiger partial charge in [-0.3, -0.25) is 4.79 Å². The average Bonchev–Trinajstić information content (AvgIpc) is 2.94. The maximum Gasteiger partial charge on any atom is 0.230 e. The van der Waals surface area contributed by atoms with Crippen molar-refractivity contribution in [1.82, 2.24) is 20.2 Å². The Balaban J connectivity index is 1.17. The maximum absolute atomic E-state index is 12.5. The minimum absolute atomic E-state index is 0.0481. The number of amides is 1. The molecule has 8 heteroatoms. The highest BCUT2D eigenvalue weighted by molar-refractivity contribution is 7.99. The van der Waals surface area contributed by atoms with Crippen LogP contribution in [0.4, 0.5) is 0 Å². The second kappa shape index (κ2) is 13.8. The fourth-order valence-electron chi connectivity index (χ4n) is 5.36. The predicted molar refractivity (Wildman–Crippen MR) is 145 cm³/mol. The van der Waals surface area contributed by atoms with Gasteiger partial charge in [0.05, 0.1) is 20.0 Å². The number of benzene rings is 1. The third-order valence-corrected chi connectivity index (χ3v) is 8.32. The van der Waals surface area contributed by atoms with Gasteiger partial charge in [-0.1, -0.05) is 49.9 Å². The highest BCUT2D eigenvalue weighted by Gasteiger charge is 2.22. The lowest BCUT2D eigenvalue weighted by Gasteiger charge is -2.34. The number of hydrogen-bond donors (Lipinski definition) is 1. The first-order valence-corrected chi connectivity index (χ1v) is 14.3. The van der Waals surface area contributed by atoms with E-state index in [4.69, 9.17) is 9.47 Å². The number of rotatable bonds is 11. The molecule has 2 aromatic rings. The molecule has 0 spiro atoms. The molecule has 1 saturated carbocycles. The zero-order chi connectivity index (χ0) is 25.2. The van der Waals surface area contributed by atoms with Gasteiger partial charge in [0.15, 0.2) is 16.7 Å². The highest BCUT2D eigenvalue weighted by atomic mass is 32.2. The predicted octanol–water partition coefficient (Wildman–Crippen LogP) is 5.05. The number of ether oxygens (including phenoxy) is 2. The SMILES string of the molecule is COc1ccc(-c2cnc(SCC(=O)NCC3CCCN(CCC4CCCCC4)C3)nc2)cc1OC. The third-order valence-electron chi connectivity index (χ3n) is 7.45. The minimum atomic E-state index is 0.0481. The molecule has 1 aliphatic heterocycles. The second-order valence-electron chi connectivity index (χ2n) is 10.0. The van der Waals surface area contributed by atoms with Crippen LogP contribution < -0.4 is 14.8 Å². The van der Waals surface area contributed by atoms with Gasteiger partial charge < -0.3 is 19.7 Å². The highest BCUT2D eigenvalue weighted by Crippen LogP contribution is 2.32. The summed E-state index contributed by atoms with van der Waals surface area (Å²) in [5.41, 5.74) is 1.83. The quantitative estimate of drug-likeness (QED) is 0.333. The summed E-state index contributed by atoms with van der Waals surface area (Å²) in [5.74, 6) is 3.21. The lowest BCUT2D eigenvalue weighted by Crippen LogP contribution is -2.42. The van der Waals surface area contributed by atoms with Crippen molar-refractivity contribution in [3.05, 3.63) is 30.6 Å². The van der Waals surface area contributed by atoms with E-state index in [-0.39, 0.29) is 5.91 Å². The van der Waals surface area contributed by atoms with Crippen LogP contribution in [0, 0.1) is 11.8 Å². The molecule has 1 amide bonds. The Labute approximate surface area is 219 Å².